The van der Waals surface area contributed by atoms with Gasteiger partial charge in [0.25, 0.3) is 23.6 Å². The highest BCUT2D eigenvalue weighted by atomic mass is 16.5. The summed E-state index contributed by atoms with van der Waals surface area (Å²) < 4.78 is 22.6. The lowest BCUT2D eigenvalue weighted by Crippen LogP contribution is -2.63. The lowest BCUT2D eigenvalue weighted by atomic mass is 9.60. The maximum atomic E-state index is 12.2. The van der Waals surface area contributed by atoms with Crippen LogP contribution in [0, 0.1) is 22.7 Å². The molecule has 482 valence electrons. The molecule has 2 aliphatic carbocycles. The second kappa shape index (κ2) is 28.3. The molecule has 2 saturated carbocycles. The number of nitrogens with two attached hydrogens (primary N) is 4. The van der Waals surface area contributed by atoms with Crippen LogP contribution in [0.5, 0.6) is 34.5 Å². The van der Waals surface area contributed by atoms with Crippen molar-refractivity contribution in [2.45, 2.75) is 57.7 Å². The van der Waals surface area contributed by atoms with Gasteiger partial charge in [-0.05, 0) is 172 Å². The molecule has 6 aromatic carbocycles. The smallest absolute Gasteiger partial charge is 0.298 e. The van der Waals surface area contributed by atoms with Crippen molar-refractivity contribution in [1.82, 2.24) is 44.5 Å². The minimum absolute atomic E-state index is 0.00703. The quantitative estimate of drug-likeness (QED) is 0.0372. The molecule has 4 aliphatic rings. The summed E-state index contributed by atoms with van der Waals surface area (Å²) in [5.41, 5.74) is 28.1. The molecule has 2 aliphatic heterocycles. The monoisotopic (exact) mass is 1270 g/mol. The van der Waals surface area contributed by atoms with Crippen molar-refractivity contribution >= 4 is 41.3 Å². The third-order valence-electron chi connectivity index (χ3n) is 17.3. The van der Waals surface area contributed by atoms with E-state index in [9.17, 15) is 28.8 Å². The van der Waals surface area contributed by atoms with Crippen molar-refractivity contribution in [3.63, 3.8) is 0 Å². The van der Waals surface area contributed by atoms with E-state index in [4.69, 9.17) is 47.3 Å². The molecule has 2 saturated heterocycles. The van der Waals surface area contributed by atoms with E-state index in [1.165, 1.54) is 12.2 Å². The van der Waals surface area contributed by atoms with Gasteiger partial charge < -0.3 is 52.3 Å². The highest BCUT2D eigenvalue weighted by molar-refractivity contribution is 6.03. The number of carbonyl (C=O) groups excluding carboxylic acids is 6. The Morgan fingerprint density at radius 3 is 1.47 bits per heavy atom. The summed E-state index contributed by atoms with van der Waals surface area (Å²) in [6.07, 6.45) is 10.4. The summed E-state index contributed by atoms with van der Waals surface area (Å²) in [6.45, 7) is 12.3. The summed E-state index contributed by atoms with van der Waals surface area (Å²) in [4.78, 5) is 74.9. The second-order valence-electron chi connectivity index (χ2n) is 23.9. The molecule has 9 aromatic rings. The predicted octanol–water partition coefficient (Wildman–Crippen LogP) is 10.1. The Morgan fingerprint density at radius 1 is 0.558 bits per heavy atom. The van der Waals surface area contributed by atoms with Crippen LogP contribution in [0.1, 0.15) is 82.2 Å². The highest BCUT2D eigenvalue weighted by Crippen LogP contribution is 2.56. The summed E-state index contributed by atoms with van der Waals surface area (Å²) in [5, 5.41) is 16.5. The molecule has 2 spiro atoms. The zero-order valence-corrected chi connectivity index (χ0v) is 52.3. The molecule has 4 fully saturated rings. The number of amides is 6. The van der Waals surface area contributed by atoms with E-state index in [-0.39, 0.29) is 52.0 Å². The van der Waals surface area contributed by atoms with Gasteiger partial charge in [-0.15, -0.1) is 0 Å². The summed E-state index contributed by atoms with van der Waals surface area (Å²) in [6, 6.07) is 50.8. The first-order chi connectivity index (χ1) is 45.9. The van der Waals surface area contributed by atoms with Gasteiger partial charge in [-0.2, -0.15) is 15.3 Å². The third-order valence-corrected chi connectivity index (χ3v) is 17.3. The van der Waals surface area contributed by atoms with E-state index >= 15 is 0 Å². The molecule has 0 unspecified atom stereocenters. The molecule has 5 heterocycles. The molecule has 0 bridgehead atoms. The average molecular weight is 1270 g/mol. The van der Waals surface area contributed by atoms with Gasteiger partial charge >= 0.3 is 0 Å². The lowest BCUT2D eigenvalue weighted by Gasteiger charge is -2.58. The summed E-state index contributed by atoms with van der Waals surface area (Å²) in [5.74, 6) is 7.68. The van der Waals surface area contributed by atoms with Crippen molar-refractivity contribution in [2.24, 2.45) is 28.0 Å². The van der Waals surface area contributed by atoms with Crippen LogP contribution in [0.25, 0.3) is 33.8 Å². The van der Waals surface area contributed by atoms with Gasteiger partial charge in [-0.25, -0.2) is 4.68 Å². The Balaban J connectivity index is 0.000000146. The number of hydrogen-bond acceptors (Lipinski definition) is 13. The Bertz CT molecular complexity index is 4360. The van der Waals surface area contributed by atoms with Gasteiger partial charge in [0.05, 0.1) is 29.8 Å². The first-order valence-corrected chi connectivity index (χ1v) is 30.9. The number of anilines is 1. The minimum atomic E-state index is -0.615. The number of primary amides is 3. The number of likely N-dealkylation sites (tertiary alicyclic amines) is 2. The van der Waals surface area contributed by atoms with Gasteiger partial charge in [-0.1, -0.05) is 73.7 Å². The van der Waals surface area contributed by atoms with E-state index in [0.29, 0.717) is 71.6 Å². The van der Waals surface area contributed by atoms with Crippen LogP contribution >= 0.6 is 0 Å². The largest absolute Gasteiger partial charge is 0.457 e. The maximum Gasteiger partial charge on any atom is 0.298 e. The zero-order valence-electron chi connectivity index (χ0n) is 52.3. The molecule has 13 rings (SSSR count). The van der Waals surface area contributed by atoms with E-state index in [1.54, 1.807) is 45.7 Å². The van der Waals surface area contributed by atoms with E-state index in [1.807, 2.05) is 161 Å². The Kier molecular flexibility index (Phi) is 19.2. The average Bonchev–Trinajstić information content (AvgIpc) is 1.28. The molecule has 95 heavy (non-hydrogen) atoms. The van der Waals surface area contributed by atoms with Crippen LogP contribution in [-0.4, -0.2) is 107 Å². The molecule has 0 atom stereocenters. The predicted molar refractivity (Wildman–Crippen MR) is 359 cm³/mol. The number of hydrogen-bond donors (Lipinski definition) is 5. The molecule has 22 nitrogen and oxygen atoms in total. The minimum Gasteiger partial charge on any atom is -0.457 e. The molecule has 3 aromatic heterocycles. The number of nitrogens with one attached hydrogen (secondary N) is 1. The maximum absolute atomic E-state index is 12.2. The van der Waals surface area contributed by atoms with Gasteiger partial charge in [0.15, 0.2) is 0 Å². The fourth-order valence-electron chi connectivity index (χ4n) is 12.5. The first-order valence-electron chi connectivity index (χ1n) is 30.9. The lowest BCUT2D eigenvalue weighted by molar-refractivity contribution is -0.148. The van der Waals surface area contributed by atoms with Crippen molar-refractivity contribution in [2.75, 3.05) is 38.5 Å². The Hall–Kier alpha value is -12.0. The first kappa shape index (κ1) is 64.5. The molecule has 0 radical (unpaired) electrons. The number of ether oxygens (including phenoxy) is 3. The van der Waals surface area contributed by atoms with Gasteiger partial charge in [0, 0.05) is 67.2 Å². The van der Waals surface area contributed by atoms with Gasteiger partial charge in [-0.3, -0.25) is 38.1 Å². The number of carbonyl (C=O) groups is 6. The molecule has 9 N–H and O–H groups in total. The molecular weight excluding hydrogens is 1200 g/mol. The standard InChI is InChI=1S/C26H25N5O3.C26H26N4O3.C21H20N4O3/c1-2-6-21(32)30-15-26(16-30)13-18(14-26)31-24(27)22(25(28)33)23(29-31)17-9-11-20(12-10-17)34-19-7-4-3-5-8-19;1-2-23(31)29-13-12-26(17-29)14-19(15-26)30-16-22(25(27)32)24(28-30)18-8-10-21(11-9-18)33-20-6-4-3-5-7-20;1-2-19(26)23-12-13-25-14-18(21(22)27)20(24-25)15-8-10-17(11-9-15)28-16-6-4-3-5-7-16/h3-5,7-12,18H,13-16,27H2,1H3,(H2,28,33);2-11,16,19H,1,12-15,17H2,(H2,27,32);2-11,14H,1,12-13H2,(H2,22,27)(H,23,26). The third kappa shape index (κ3) is 14.9. The summed E-state index contributed by atoms with van der Waals surface area (Å²) >= 11 is 0. The normalized spacial score (nSPS) is 14.7. The van der Waals surface area contributed by atoms with Crippen LogP contribution < -0.4 is 42.5 Å². The number of aromatic nitrogens is 6. The van der Waals surface area contributed by atoms with E-state index in [2.05, 4.69) is 35.4 Å². The number of nitrogen functional groups attached to an aromatic ring is 1. The van der Waals surface area contributed by atoms with Crippen molar-refractivity contribution in [3.8, 4) is 80.1 Å². The van der Waals surface area contributed by atoms with E-state index < -0.39 is 17.7 Å². The fraction of sp³-hybridized carbons (Fsp3) is 0.219. The van der Waals surface area contributed by atoms with E-state index in [0.717, 1.165) is 79.1 Å². The number of para-hydroxylation sites is 3. The van der Waals surface area contributed by atoms with Crippen LogP contribution in [0.15, 0.2) is 201 Å². The van der Waals surface area contributed by atoms with Crippen molar-refractivity contribution in [1.29, 1.82) is 0 Å². The molecular formula is C73H71N13O9. The number of benzene rings is 6. The van der Waals surface area contributed by atoms with Crippen LogP contribution in [-0.2, 0) is 20.9 Å². The topological polar surface area (TPSA) is 306 Å². The summed E-state index contributed by atoms with van der Waals surface area (Å²) in [7, 11) is 0. The van der Waals surface area contributed by atoms with Crippen LogP contribution in [0.4, 0.5) is 5.82 Å². The molecule has 22 heteroatoms. The SMILES string of the molecule is C=CC(=O)N1CCC2(CC(n3cc(C(N)=O)c(-c4ccc(Oc5ccccc5)cc4)n3)C2)C1.C=CC(=O)NCCn1cc(C(N)=O)c(-c2ccc(Oc3ccccc3)cc2)n1.CC#CC(=O)N1CC2(CC(n3nc(-c4ccc(Oc5ccccc5)cc4)c(C(N)=O)c3N)C2)C1. The van der Waals surface area contributed by atoms with Crippen LogP contribution in [0.3, 0.4) is 0 Å². The van der Waals surface area contributed by atoms with Crippen molar-refractivity contribution < 1.29 is 43.0 Å². The van der Waals surface area contributed by atoms with Crippen LogP contribution in [0.2, 0.25) is 0 Å². The number of rotatable bonds is 19. The van der Waals surface area contributed by atoms with Crippen molar-refractivity contribution in [3.05, 3.63) is 218 Å². The fourth-order valence-corrected chi connectivity index (χ4v) is 12.5. The zero-order chi connectivity index (χ0) is 66.8. The Morgan fingerprint density at radius 2 is 1.01 bits per heavy atom. The second-order valence-corrected chi connectivity index (χ2v) is 23.9. The van der Waals surface area contributed by atoms with Gasteiger partial charge in [0.1, 0.15) is 63.0 Å². The van der Waals surface area contributed by atoms with Gasteiger partial charge in [0.2, 0.25) is 11.8 Å². The Labute approximate surface area is 548 Å². The highest BCUT2D eigenvalue weighted by Gasteiger charge is 2.55. The number of nitrogens with zero attached hydrogens (tertiary/aromatic N) is 8. The molecule has 6 amide bonds.